The molecule has 4 rings (SSSR count). The lowest BCUT2D eigenvalue weighted by Gasteiger charge is -2.19. The fourth-order valence-corrected chi connectivity index (χ4v) is 4.20. The molecule has 0 aliphatic carbocycles. The second kappa shape index (κ2) is 8.15. The average molecular weight is 435 g/mol. The van der Waals surface area contributed by atoms with Crippen LogP contribution in [0.2, 0.25) is 0 Å². The first-order chi connectivity index (χ1) is 14.8. The van der Waals surface area contributed by atoms with Crippen LogP contribution in [-0.2, 0) is 10.2 Å². The van der Waals surface area contributed by atoms with Gasteiger partial charge in [0.25, 0.3) is 5.91 Å². The fraction of sp³-hybridized carbons (Fsp3) is 0.292. The van der Waals surface area contributed by atoms with Gasteiger partial charge < -0.3 is 10.1 Å². The Morgan fingerprint density at radius 3 is 2.58 bits per heavy atom. The van der Waals surface area contributed by atoms with Crippen LogP contribution >= 0.6 is 11.3 Å². The van der Waals surface area contributed by atoms with Gasteiger partial charge >= 0.3 is 0 Å². The number of nitrogens with one attached hydrogen (secondary N) is 1. The van der Waals surface area contributed by atoms with E-state index in [0.29, 0.717) is 11.4 Å². The SMILES string of the molecule is CN=c1scc(-c2ccc3c(c2)NC(=O)CO3)n1N=C(C)c1ccc(C(C)(C)C)cc1. The van der Waals surface area contributed by atoms with Crippen molar-refractivity contribution >= 4 is 28.6 Å². The summed E-state index contributed by atoms with van der Waals surface area (Å²) in [6.45, 7) is 8.66. The molecule has 2 heterocycles. The molecule has 7 heteroatoms. The van der Waals surface area contributed by atoms with E-state index in [9.17, 15) is 4.79 Å². The molecule has 0 bridgehead atoms. The Balaban J connectivity index is 1.74. The predicted octanol–water partition coefficient (Wildman–Crippen LogP) is 4.65. The summed E-state index contributed by atoms with van der Waals surface area (Å²) in [4.78, 5) is 16.9. The second-order valence-corrected chi connectivity index (χ2v) is 9.34. The van der Waals surface area contributed by atoms with Gasteiger partial charge in [-0.1, -0.05) is 45.0 Å². The zero-order valence-corrected chi connectivity index (χ0v) is 19.2. The van der Waals surface area contributed by atoms with Crippen LogP contribution in [-0.4, -0.2) is 29.9 Å². The van der Waals surface area contributed by atoms with Gasteiger partial charge in [0.2, 0.25) is 4.80 Å². The van der Waals surface area contributed by atoms with Gasteiger partial charge in [-0.25, -0.2) is 4.68 Å². The number of carbonyl (C=O) groups excluding carboxylic acids is 1. The Morgan fingerprint density at radius 2 is 1.90 bits per heavy atom. The number of aromatic nitrogens is 1. The highest BCUT2D eigenvalue weighted by molar-refractivity contribution is 7.07. The van der Waals surface area contributed by atoms with Crippen molar-refractivity contribution in [3.8, 4) is 17.0 Å². The number of nitrogens with zero attached hydrogens (tertiary/aromatic N) is 3. The first-order valence-electron chi connectivity index (χ1n) is 10.1. The topological polar surface area (TPSA) is 68.0 Å². The maximum atomic E-state index is 11.7. The standard InChI is InChI=1S/C24H26N4O2S/c1-15(16-6-9-18(10-7-16)24(2,3)4)27-28-20(14-31-23(28)25-5)17-8-11-21-19(12-17)26-22(29)13-30-21/h6-12,14H,13H2,1-5H3,(H,26,29). The minimum absolute atomic E-state index is 0.0428. The molecule has 160 valence electrons. The van der Waals surface area contributed by atoms with Crippen LogP contribution in [0.5, 0.6) is 5.75 Å². The number of hydrogen-bond donors (Lipinski definition) is 1. The zero-order valence-electron chi connectivity index (χ0n) is 18.4. The Morgan fingerprint density at radius 1 is 1.16 bits per heavy atom. The molecule has 31 heavy (non-hydrogen) atoms. The molecule has 1 amide bonds. The highest BCUT2D eigenvalue weighted by Crippen LogP contribution is 2.33. The molecule has 1 aliphatic heterocycles. The third-order valence-corrected chi connectivity index (χ3v) is 6.11. The van der Waals surface area contributed by atoms with Crippen LogP contribution in [0.3, 0.4) is 0 Å². The molecule has 1 aromatic heterocycles. The zero-order chi connectivity index (χ0) is 22.2. The normalized spacial score (nSPS) is 14.8. The van der Waals surface area contributed by atoms with Gasteiger partial charge in [-0.3, -0.25) is 9.79 Å². The highest BCUT2D eigenvalue weighted by Gasteiger charge is 2.18. The number of thiazole rings is 1. The lowest BCUT2D eigenvalue weighted by atomic mass is 9.86. The highest BCUT2D eigenvalue weighted by atomic mass is 32.1. The number of anilines is 1. The molecule has 0 unspecified atom stereocenters. The molecule has 6 nitrogen and oxygen atoms in total. The first kappa shape index (κ1) is 21.1. The van der Waals surface area contributed by atoms with E-state index in [1.807, 2.05) is 35.2 Å². The van der Waals surface area contributed by atoms with Crippen molar-refractivity contribution < 1.29 is 9.53 Å². The number of benzene rings is 2. The van der Waals surface area contributed by atoms with Crippen molar-refractivity contribution in [1.29, 1.82) is 0 Å². The van der Waals surface area contributed by atoms with Crippen molar-refractivity contribution in [2.75, 3.05) is 19.0 Å². The lowest BCUT2D eigenvalue weighted by Crippen LogP contribution is -2.25. The van der Waals surface area contributed by atoms with E-state index in [1.54, 1.807) is 7.05 Å². The van der Waals surface area contributed by atoms with Crippen molar-refractivity contribution in [2.45, 2.75) is 33.1 Å². The largest absolute Gasteiger partial charge is 0.482 e. The van der Waals surface area contributed by atoms with E-state index in [-0.39, 0.29) is 17.9 Å². The van der Waals surface area contributed by atoms with Crippen molar-refractivity contribution in [1.82, 2.24) is 4.68 Å². The molecule has 0 saturated heterocycles. The monoisotopic (exact) mass is 434 g/mol. The second-order valence-electron chi connectivity index (χ2n) is 8.50. The Hall–Kier alpha value is -3.19. The van der Waals surface area contributed by atoms with Crippen molar-refractivity contribution in [2.24, 2.45) is 10.1 Å². The lowest BCUT2D eigenvalue weighted by molar-refractivity contribution is -0.118. The summed E-state index contributed by atoms with van der Waals surface area (Å²) in [5.41, 5.74) is 5.85. The summed E-state index contributed by atoms with van der Waals surface area (Å²) in [6, 6.07) is 14.3. The smallest absolute Gasteiger partial charge is 0.262 e. The molecule has 1 N–H and O–H groups in total. The van der Waals surface area contributed by atoms with Crippen LogP contribution in [0, 0.1) is 0 Å². The van der Waals surface area contributed by atoms with E-state index >= 15 is 0 Å². The van der Waals surface area contributed by atoms with Crippen LogP contribution in [0.4, 0.5) is 5.69 Å². The molecule has 0 spiro atoms. The molecular formula is C24H26N4O2S. The van der Waals surface area contributed by atoms with Crippen LogP contribution < -0.4 is 14.9 Å². The Kier molecular flexibility index (Phi) is 5.54. The van der Waals surface area contributed by atoms with Crippen LogP contribution in [0.1, 0.15) is 38.8 Å². The summed E-state index contributed by atoms with van der Waals surface area (Å²) in [5.74, 6) is 0.517. The maximum absolute atomic E-state index is 11.7. The molecule has 0 saturated carbocycles. The number of fused-ring (bicyclic) bond motifs is 1. The van der Waals surface area contributed by atoms with Gasteiger partial charge in [0, 0.05) is 18.0 Å². The van der Waals surface area contributed by atoms with Gasteiger partial charge in [-0.15, -0.1) is 11.3 Å². The molecule has 0 fully saturated rings. The third kappa shape index (κ3) is 4.32. The summed E-state index contributed by atoms with van der Waals surface area (Å²) in [6.07, 6.45) is 0. The van der Waals surface area contributed by atoms with E-state index in [1.165, 1.54) is 16.9 Å². The summed E-state index contributed by atoms with van der Waals surface area (Å²) in [5, 5.41) is 9.77. The fourth-order valence-electron chi connectivity index (χ4n) is 3.41. The van der Waals surface area contributed by atoms with Gasteiger partial charge in [-0.2, -0.15) is 5.10 Å². The van der Waals surface area contributed by atoms with Gasteiger partial charge in [0.1, 0.15) is 5.75 Å². The quantitative estimate of drug-likeness (QED) is 0.610. The van der Waals surface area contributed by atoms with Gasteiger partial charge in [-0.05, 0) is 41.7 Å². The molecule has 0 atom stereocenters. The average Bonchev–Trinajstić information content (AvgIpc) is 3.15. The van der Waals surface area contributed by atoms with Gasteiger partial charge in [0.15, 0.2) is 6.61 Å². The number of amides is 1. The number of ether oxygens (including phenoxy) is 1. The third-order valence-electron chi connectivity index (χ3n) is 5.20. The summed E-state index contributed by atoms with van der Waals surface area (Å²) in [7, 11) is 1.76. The Bertz CT molecular complexity index is 1230. The number of hydrogen-bond acceptors (Lipinski definition) is 5. The molecular weight excluding hydrogens is 408 g/mol. The van der Waals surface area contributed by atoms with E-state index in [4.69, 9.17) is 9.84 Å². The van der Waals surface area contributed by atoms with E-state index < -0.39 is 0 Å². The van der Waals surface area contributed by atoms with Crippen LogP contribution in [0.15, 0.2) is 57.9 Å². The minimum Gasteiger partial charge on any atom is -0.482 e. The molecule has 2 aromatic carbocycles. The van der Waals surface area contributed by atoms with Gasteiger partial charge in [0.05, 0.1) is 17.1 Å². The Labute approximate surface area is 185 Å². The maximum Gasteiger partial charge on any atom is 0.262 e. The number of carbonyl (C=O) groups is 1. The molecule has 3 aromatic rings. The molecule has 0 radical (unpaired) electrons. The predicted molar refractivity (Wildman–Crippen MR) is 126 cm³/mol. The summed E-state index contributed by atoms with van der Waals surface area (Å²) >= 11 is 1.52. The van der Waals surface area contributed by atoms with Crippen LogP contribution in [0.25, 0.3) is 11.3 Å². The van der Waals surface area contributed by atoms with E-state index in [0.717, 1.165) is 27.3 Å². The summed E-state index contributed by atoms with van der Waals surface area (Å²) < 4.78 is 7.33. The molecule has 1 aliphatic rings. The van der Waals surface area contributed by atoms with E-state index in [2.05, 4.69) is 55.3 Å². The minimum atomic E-state index is -0.153. The van der Waals surface area contributed by atoms with Crippen molar-refractivity contribution in [3.63, 3.8) is 0 Å². The number of rotatable bonds is 3. The van der Waals surface area contributed by atoms with Crippen molar-refractivity contribution in [3.05, 3.63) is 63.8 Å². The first-order valence-corrected chi connectivity index (χ1v) is 11.0.